The van der Waals surface area contributed by atoms with Gasteiger partial charge in [0.25, 0.3) is 0 Å². The molecule has 0 unspecified atom stereocenters. The standard InChI is InChI=1S/C19H19F6N/c1-3-17(4-2)11-14-13(16-7-5-6-8-26(16)17)9-12(18(20,21)22)10-15(14)19(23,24)25/h5-8,10H,3-4,9,11H2,1-2H3. The van der Waals surface area contributed by atoms with Gasteiger partial charge in [-0.1, -0.05) is 19.9 Å². The zero-order valence-electron chi connectivity index (χ0n) is 14.4. The Morgan fingerprint density at radius 3 is 2.15 bits per heavy atom. The van der Waals surface area contributed by atoms with Crippen LogP contribution in [0.1, 0.15) is 39.5 Å². The van der Waals surface area contributed by atoms with E-state index >= 15 is 0 Å². The normalized spacial score (nSPS) is 22.5. The van der Waals surface area contributed by atoms with Crippen molar-refractivity contribution < 1.29 is 26.3 Å². The van der Waals surface area contributed by atoms with E-state index in [0.29, 0.717) is 24.6 Å². The van der Waals surface area contributed by atoms with Gasteiger partial charge in [-0.2, -0.15) is 26.3 Å². The lowest BCUT2D eigenvalue weighted by Crippen LogP contribution is -2.49. The molecule has 3 rings (SSSR count). The van der Waals surface area contributed by atoms with Crippen LogP contribution >= 0.6 is 0 Å². The van der Waals surface area contributed by atoms with E-state index in [-0.39, 0.29) is 17.6 Å². The molecule has 0 amide bonds. The number of hydrogen-bond donors (Lipinski definition) is 0. The molecule has 2 heterocycles. The predicted molar refractivity (Wildman–Crippen MR) is 86.9 cm³/mol. The van der Waals surface area contributed by atoms with Crippen molar-refractivity contribution in [3.8, 4) is 0 Å². The summed E-state index contributed by atoms with van der Waals surface area (Å²) in [7, 11) is 0. The minimum absolute atomic E-state index is 0.000370. The molecule has 0 saturated carbocycles. The molecule has 0 aromatic rings. The molecule has 3 aliphatic rings. The first-order chi connectivity index (χ1) is 12.0. The fraction of sp³-hybridized carbons (Fsp3) is 0.474. The van der Waals surface area contributed by atoms with Gasteiger partial charge in [0.05, 0.1) is 5.57 Å². The summed E-state index contributed by atoms with van der Waals surface area (Å²) in [6, 6.07) is 0. The van der Waals surface area contributed by atoms with Crippen molar-refractivity contribution >= 4 is 0 Å². The highest BCUT2D eigenvalue weighted by molar-refractivity contribution is 5.58. The molecule has 0 fully saturated rings. The average Bonchev–Trinajstić information content (AvgIpc) is 2.58. The van der Waals surface area contributed by atoms with Gasteiger partial charge in [0.2, 0.25) is 0 Å². The largest absolute Gasteiger partial charge is 0.416 e. The number of fused-ring (bicyclic) bond motifs is 2. The van der Waals surface area contributed by atoms with Gasteiger partial charge >= 0.3 is 12.4 Å². The summed E-state index contributed by atoms with van der Waals surface area (Å²) in [6.07, 6.45) is -1.84. The van der Waals surface area contributed by atoms with Gasteiger partial charge in [0.15, 0.2) is 0 Å². The molecule has 0 atom stereocenters. The minimum Gasteiger partial charge on any atom is -0.341 e. The first-order valence-corrected chi connectivity index (χ1v) is 8.49. The maximum absolute atomic E-state index is 13.6. The summed E-state index contributed by atoms with van der Waals surface area (Å²) in [5.41, 5.74) is -2.32. The second-order valence-corrected chi connectivity index (χ2v) is 6.78. The van der Waals surface area contributed by atoms with Crippen LogP contribution < -0.4 is 0 Å². The van der Waals surface area contributed by atoms with E-state index in [1.807, 2.05) is 18.7 Å². The molecular formula is C19H19F6N. The van der Waals surface area contributed by atoms with Gasteiger partial charge in [-0.3, -0.25) is 0 Å². The highest BCUT2D eigenvalue weighted by Gasteiger charge is 2.49. The molecule has 0 N–H and O–H groups in total. The Kier molecular flexibility index (Phi) is 4.40. The van der Waals surface area contributed by atoms with E-state index in [0.717, 1.165) is 0 Å². The maximum Gasteiger partial charge on any atom is 0.416 e. The summed E-state index contributed by atoms with van der Waals surface area (Å²) in [5.74, 6) is 0. The summed E-state index contributed by atoms with van der Waals surface area (Å²) in [4.78, 5) is 1.86. The van der Waals surface area contributed by atoms with Gasteiger partial charge in [-0.05, 0) is 48.6 Å². The summed E-state index contributed by atoms with van der Waals surface area (Å²) < 4.78 is 80.6. The van der Waals surface area contributed by atoms with Crippen molar-refractivity contribution in [2.45, 2.75) is 57.4 Å². The summed E-state index contributed by atoms with van der Waals surface area (Å²) in [6.45, 7) is 3.79. The zero-order valence-corrected chi connectivity index (χ0v) is 14.4. The lowest BCUT2D eigenvalue weighted by atomic mass is 9.72. The van der Waals surface area contributed by atoms with E-state index in [2.05, 4.69) is 0 Å². The zero-order chi connectivity index (χ0) is 19.3. The first-order valence-electron chi connectivity index (χ1n) is 8.49. The monoisotopic (exact) mass is 375 g/mol. The van der Waals surface area contributed by atoms with Crippen LogP contribution in [0, 0.1) is 0 Å². The van der Waals surface area contributed by atoms with Crippen LogP contribution in [-0.2, 0) is 0 Å². The quantitative estimate of drug-likeness (QED) is 0.509. The van der Waals surface area contributed by atoms with Crippen LogP contribution in [0.4, 0.5) is 26.3 Å². The van der Waals surface area contributed by atoms with Crippen molar-refractivity contribution in [2.75, 3.05) is 0 Å². The van der Waals surface area contributed by atoms with E-state index in [4.69, 9.17) is 0 Å². The van der Waals surface area contributed by atoms with E-state index in [9.17, 15) is 26.3 Å². The molecule has 0 radical (unpaired) electrons. The molecule has 0 aromatic heterocycles. The third kappa shape index (κ3) is 2.91. The summed E-state index contributed by atoms with van der Waals surface area (Å²) >= 11 is 0. The van der Waals surface area contributed by atoms with Crippen LogP contribution in [-0.4, -0.2) is 22.8 Å². The van der Waals surface area contributed by atoms with Gasteiger partial charge in [0, 0.05) is 29.4 Å². The average molecular weight is 375 g/mol. The number of hydrogen-bond acceptors (Lipinski definition) is 1. The maximum atomic E-state index is 13.6. The van der Waals surface area contributed by atoms with Gasteiger partial charge in [-0.15, -0.1) is 0 Å². The number of nitrogens with zero attached hydrogens (tertiary/aromatic N) is 1. The van der Waals surface area contributed by atoms with Crippen LogP contribution in [0.25, 0.3) is 0 Å². The fourth-order valence-corrected chi connectivity index (χ4v) is 4.01. The Morgan fingerprint density at radius 1 is 0.962 bits per heavy atom. The third-order valence-corrected chi connectivity index (χ3v) is 5.55. The first kappa shape index (κ1) is 18.9. The second-order valence-electron chi connectivity index (χ2n) is 6.78. The predicted octanol–water partition coefficient (Wildman–Crippen LogP) is 6.34. The second kappa shape index (κ2) is 6.06. The molecule has 26 heavy (non-hydrogen) atoms. The Morgan fingerprint density at radius 2 is 1.62 bits per heavy atom. The van der Waals surface area contributed by atoms with E-state index in [1.165, 1.54) is 0 Å². The number of halogens is 6. The SMILES string of the molecule is CCC1(CC)CC2=C(C(F)(F)F)C=C(C(F)(F)F)CC2=C2C=CC=CN21. The van der Waals surface area contributed by atoms with E-state index < -0.39 is 35.5 Å². The molecule has 7 heteroatoms. The lowest BCUT2D eigenvalue weighted by Gasteiger charge is -2.50. The molecule has 0 aromatic carbocycles. The highest BCUT2D eigenvalue weighted by Crippen LogP contribution is 2.52. The highest BCUT2D eigenvalue weighted by atomic mass is 19.4. The van der Waals surface area contributed by atoms with Gasteiger partial charge in [-0.25, -0.2) is 0 Å². The molecule has 0 spiro atoms. The van der Waals surface area contributed by atoms with Crippen LogP contribution in [0.15, 0.2) is 58.5 Å². The topological polar surface area (TPSA) is 3.24 Å². The Labute approximate surface area is 148 Å². The van der Waals surface area contributed by atoms with Crippen molar-refractivity contribution in [3.63, 3.8) is 0 Å². The van der Waals surface area contributed by atoms with Gasteiger partial charge < -0.3 is 4.90 Å². The molecule has 1 aliphatic carbocycles. The van der Waals surface area contributed by atoms with Crippen molar-refractivity contribution in [1.29, 1.82) is 0 Å². The van der Waals surface area contributed by atoms with Crippen LogP contribution in [0.2, 0.25) is 0 Å². The Balaban J connectivity index is 2.31. The molecule has 2 aliphatic heterocycles. The fourth-order valence-electron chi connectivity index (χ4n) is 4.01. The number of rotatable bonds is 2. The summed E-state index contributed by atoms with van der Waals surface area (Å²) in [5, 5.41) is 0. The lowest BCUT2D eigenvalue weighted by molar-refractivity contribution is -0.0984. The van der Waals surface area contributed by atoms with Crippen molar-refractivity contribution in [3.05, 3.63) is 58.5 Å². The molecule has 1 nitrogen and oxygen atoms in total. The molecular weight excluding hydrogens is 356 g/mol. The number of allylic oxidation sites excluding steroid dienone is 7. The molecule has 0 saturated heterocycles. The third-order valence-electron chi connectivity index (χ3n) is 5.55. The minimum atomic E-state index is -4.83. The van der Waals surface area contributed by atoms with Crippen molar-refractivity contribution in [2.24, 2.45) is 0 Å². The number of alkyl halides is 6. The smallest absolute Gasteiger partial charge is 0.341 e. The molecule has 142 valence electrons. The van der Waals surface area contributed by atoms with Crippen LogP contribution in [0.3, 0.4) is 0 Å². The van der Waals surface area contributed by atoms with E-state index in [1.54, 1.807) is 24.4 Å². The Bertz CT molecular complexity index is 754. The van der Waals surface area contributed by atoms with Gasteiger partial charge in [0.1, 0.15) is 0 Å². The molecule has 0 bridgehead atoms. The van der Waals surface area contributed by atoms with Crippen molar-refractivity contribution in [1.82, 2.24) is 4.90 Å². The Hall–Kier alpha value is -1.92. The van der Waals surface area contributed by atoms with Crippen LogP contribution in [0.5, 0.6) is 0 Å².